The maximum atomic E-state index is 13.2. The van der Waals surface area contributed by atoms with Crippen molar-refractivity contribution < 1.29 is 23.6 Å². The number of hydrogen-bond donors (Lipinski definition) is 1. The highest BCUT2D eigenvalue weighted by Gasteiger charge is 2.33. The first kappa shape index (κ1) is 20.0. The van der Waals surface area contributed by atoms with Crippen molar-refractivity contribution in [2.75, 3.05) is 31.7 Å². The lowest BCUT2D eigenvalue weighted by atomic mass is 10.0. The number of benzene rings is 1. The van der Waals surface area contributed by atoms with Gasteiger partial charge in [-0.1, -0.05) is 5.16 Å². The molecule has 1 atom stereocenters. The van der Waals surface area contributed by atoms with Crippen molar-refractivity contribution in [2.45, 2.75) is 31.7 Å². The minimum absolute atomic E-state index is 0.0249. The average molecular weight is 413 g/mol. The van der Waals surface area contributed by atoms with Crippen LogP contribution in [0.5, 0.6) is 0 Å². The molecule has 3 heterocycles. The van der Waals surface area contributed by atoms with Crippen LogP contribution in [0.2, 0.25) is 0 Å². The molecule has 0 saturated carbocycles. The lowest BCUT2D eigenvalue weighted by Gasteiger charge is -2.33. The smallest absolute Gasteiger partial charge is 0.329 e. The van der Waals surface area contributed by atoms with Gasteiger partial charge in [0.15, 0.2) is 5.82 Å². The van der Waals surface area contributed by atoms with Crippen molar-refractivity contribution in [2.24, 2.45) is 0 Å². The Morgan fingerprint density at radius 3 is 2.77 bits per heavy atom. The van der Waals surface area contributed by atoms with E-state index in [9.17, 15) is 14.4 Å². The number of nitrogens with one attached hydrogen (secondary N) is 1. The van der Waals surface area contributed by atoms with Gasteiger partial charge in [0, 0.05) is 31.3 Å². The van der Waals surface area contributed by atoms with E-state index in [0.717, 1.165) is 19.3 Å². The first-order valence-corrected chi connectivity index (χ1v) is 9.90. The molecule has 30 heavy (non-hydrogen) atoms. The lowest BCUT2D eigenvalue weighted by Crippen LogP contribution is -2.38. The molecule has 10 nitrogen and oxygen atoms in total. The number of aromatic nitrogens is 2. The van der Waals surface area contributed by atoms with E-state index in [-0.39, 0.29) is 24.4 Å². The number of rotatable bonds is 6. The van der Waals surface area contributed by atoms with Gasteiger partial charge in [-0.2, -0.15) is 4.98 Å². The number of carbonyl (C=O) groups excluding carboxylic acids is 3. The zero-order chi connectivity index (χ0) is 21.1. The number of imide groups is 1. The number of carbonyl (C=O) groups is 3. The molecule has 2 saturated heterocycles. The summed E-state index contributed by atoms with van der Waals surface area (Å²) in [4.78, 5) is 43.9. The van der Waals surface area contributed by atoms with E-state index in [1.807, 2.05) is 0 Å². The molecule has 1 N–H and O–H groups in total. The number of hydrogen-bond acceptors (Lipinski definition) is 7. The molecule has 1 unspecified atom stereocenters. The minimum atomic E-state index is -0.462. The summed E-state index contributed by atoms with van der Waals surface area (Å²) in [6, 6.07) is 5.93. The molecule has 2 fully saturated rings. The van der Waals surface area contributed by atoms with Crippen molar-refractivity contribution in [1.29, 1.82) is 0 Å². The maximum absolute atomic E-state index is 13.2. The van der Waals surface area contributed by atoms with E-state index in [4.69, 9.17) is 9.26 Å². The Morgan fingerprint density at radius 1 is 1.27 bits per heavy atom. The van der Waals surface area contributed by atoms with Gasteiger partial charge in [-0.3, -0.25) is 19.8 Å². The SMILES string of the molecule is COCCc1noc(C2CCCCN2C(=O)c2ccc(N3CC(=O)NC3=O)cc2)n1. The van der Waals surface area contributed by atoms with Gasteiger partial charge >= 0.3 is 6.03 Å². The number of ether oxygens (including phenoxy) is 1. The predicted octanol–water partition coefficient (Wildman–Crippen LogP) is 1.68. The first-order chi connectivity index (χ1) is 14.6. The molecule has 0 spiro atoms. The second-order valence-corrected chi connectivity index (χ2v) is 7.29. The fraction of sp³-hybridized carbons (Fsp3) is 0.450. The number of piperidine rings is 1. The second-order valence-electron chi connectivity index (χ2n) is 7.29. The molecule has 2 aliphatic heterocycles. The number of likely N-dealkylation sites (tertiary alicyclic amines) is 1. The highest BCUT2D eigenvalue weighted by molar-refractivity contribution is 6.12. The summed E-state index contributed by atoms with van der Waals surface area (Å²) in [5.74, 6) is 0.524. The summed E-state index contributed by atoms with van der Waals surface area (Å²) in [6.07, 6.45) is 3.18. The first-order valence-electron chi connectivity index (χ1n) is 9.90. The van der Waals surface area contributed by atoms with Gasteiger partial charge in [0.1, 0.15) is 12.6 Å². The van der Waals surface area contributed by atoms with Crippen LogP contribution in [-0.4, -0.2) is 59.7 Å². The van der Waals surface area contributed by atoms with E-state index < -0.39 is 6.03 Å². The Labute approximate surface area is 173 Å². The molecular weight excluding hydrogens is 390 g/mol. The quantitative estimate of drug-likeness (QED) is 0.716. The molecule has 0 aliphatic carbocycles. The Bertz CT molecular complexity index is 941. The zero-order valence-corrected chi connectivity index (χ0v) is 16.7. The zero-order valence-electron chi connectivity index (χ0n) is 16.7. The van der Waals surface area contributed by atoms with Gasteiger partial charge < -0.3 is 14.2 Å². The van der Waals surface area contributed by atoms with Crippen LogP contribution in [0.15, 0.2) is 28.8 Å². The molecule has 10 heteroatoms. The monoisotopic (exact) mass is 413 g/mol. The minimum Gasteiger partial charge on any atom is -0.384 e. The Hall–Kier alpha value is -3.27. The maximum Gasteiger partial charge on any atom is 0.329 e. The van der Waals surface area contributed by atoms with Gasteiger partial charge in [-0.05, 0) is 43.5 Å². The summed E-state index contributed by atoms with van der Waals surface area (Å²) in [7, 11) is 1.61. The number of methoxy groups -OCH3 is 1. The Kier molecular flexibility index (Phi) is 5.75. The Balaban J connectivity index is 1.50. The third-order valence-corrected chi connectivity index (χ3v) is 5.28. The molecule has 1 aromatic carbocycles. The van der Waals surface area contributed by atoms with Gasteiger partial charge in [0.05, 0.1) is 6.61 Å². The third kappa shape index (κ3) is 4.04. The largest absolute Gasteiger partial charge is 0.384 e. The summed E-state index contributed by atoms with van der Waals surface area (Å²) < 4.78 is 10.5. The van der Waals surface area contributed by atoms with Crippen LogP contribution < -0.4 is 10.2 Å². The number of urea groups is 1. The normalized spacial score (nSPS) is 19.3. The summed E-state index contributed by atoms with van der Waals surface area (Å²) >= 11 is 0. The van der Waals surface area contributed by atoms with Gasteiger partial charge in [0.2, 0.25) is 11.8 Å². The summed E-state index contributed by atoms with van der Waals surface area (Å²) in [5.41, 5.74) is 1.06. The molecule has 0 radical (unpaired) electrons. The van der Waals surface area contributed by atoms with Crippen molar-refractivity contribution in [3.05, 3.63) is 41.5 Å². The van der Waals surface area contributed by atoms with Crippen LogP contribution in [0.1, 0.15) is 47.4 Å². The highest BCUT2D eigenvalue weighted by atomic mass is 16.5. The van der Waals surface area contributed by atoms with E-state index in [1.165, 1.54) is 4.90 Å². The van der Waals surface area contributed by atoms with Crippen molar-refractivity contribution >= 4 is 23.5 Å². The van der Waals surface area contributed by atoms with Crippen LogP contribution in [-0.2, 0) is 16.0 Å². The summed E-state index contributed by atoms with van der Waals surface area (Å²) in [5, 5.41) is 6.22. The van der Waals surface area contributed by atoms with Crippen LogP contribution in [0.25, 0.3) is 0 Å². The molecule has 0 bridgehead atoms. The molecule has 4 rings (SSSR count). The van der Waals surface area contributed by atoms with Crippen LogP contribution >= 0.6 is 0 Å². The van der Waals surface area contributed by atoms with E-state index in [1.54, 1.807) is 36.3 Å². The van der Waals surface area contributed by atoms with Crippen molar-refractivity contribution in [3.8, 4) is 0 Å². The second kappa shape index (κ2) is 8.62. The van der Waals surface area contributed by atoms with Crippen molar-refractivity contribution in [1.82, 2.24) is 20.4 Å². The number of nitrogens with zero attached hydrogens (tertiary/aromatic N) is 4. The predicted molar refractivity (Wildman–Crippen MR) is 105 cm³/mol. The van der Waals surface area contributed by atoms with Gasteiger partial charge in [-0.25, -0.2) is 4.79 Å². The highest BCUT2D eigenvalue weighted by Crippen LogP contribution is 2.31. The van der Waals surface area contributed by atoms with Crippen LogP contribution in [0.4, 0.5) is 10.5 Å². The molecule has 4 amide bonds. The van der Waals surface area contributed by atoms with E-state index >= 15 is 0 Å². The van der Waals surface area contributed by atoms with E-state index in [2.05, 4.69) is 15.5 Å². The average Bonchev–Trinajstić information content (AvgIpc) is 3.37. The standard InChI is InChI=1S/C20H23N5O5/c1-29-11-9-16-21-18(30-23-16)15-4-2-3-10-24(15)19(27)13-5-7-14(8-6-13)25-12-17(26)22-20(25)28/h5-8,15H,2-4,9-12H2,1H3,(H,22,26,28). The van der Waals surface area contributed by atoms with E-state index in [0.29, 0.717) is 42.5 Å². The third-order valence-electron chi connectivity index (χ3n) is 5.28. The Morgan fingerprint density at radius 2 is 2.07 bits per heavy atom. The molecule has 1 aromatic heterocycles. The van der Waals surface area contributed by atoms with Gasteiger partial charge in [0.25, 0.3) is 5.91 Å². The van der Waals surface area contributed by atoms with Crippen LogP contribution in [0, 0.1) is 0 Å². The topological polar surface area (TPSA) is 118 Å². The molecule has 158 valence electrons. The molecule has 2 aliphatic rings. The number of amides is 4. The molecule has 2 aromatic rings. The lowest BCUT2D eigenvalue weighted by molar-refractivity contribution is -0.117. The van der Waals surface area contributed by atoms with Crippen molar-refractivity contribution in [3.63, 3.8) is 0 Å². The van der Waals surface area contributed by atoms with Gasteiger partial charge in [-0.15, -0.1) is 0 Å². The molecular formula is C20H23N5O5. The number of anilines is 1. The summed E-state index contributed by atoms with van der Waals surface area (Å²) in [6.45, 7) is 1.08. The fourth-order valence-electron chi connectivity index (χ4n) is 3.73. The van der Waals surface area contributed by atoms with Crippen LogP contribution in [0.3, 0.4) is 0 Å². The fourth-order valence-corrected chi connectivity index (χ4v) is 3.73.